The van der Waals surface area contributed by atoms with Gasteiger partial charge in [0.1, 0.15) is 5.82 Å². The van der Waals surface area contributed by atoms with Crippen molar-refractivity contribution in [1.82, 2.24) is 0 Å². The van der Waals surface area contributed by atoms with Crippen LogP contribution in [-0.2, 0) is 4.74 Å². The summed E-state index contributed by atoms with van der Waals surface area (Å²) < 4.78 is 18.3. The SMILES string of the molecule is CC(C)OC(=O)c1cc(I)c(F)cc1Cl. The fraction of sp³-hybridized carbons (Fsp3) is 0.300. The lowest BCUT2D eigenvalue weighted by molar-refractivity contribution is 0.0378. The smallest absolute Gasteiger partial charge is 0.339 e. The van der Waals surface area contributed by atoms with Crippen molar-refractivity contribution in [3.8, 4) is 0 Å². The molecule has 0 unspecified atom stereocenters. The summed E-state index contributed by atoms with van der Waals surface area (Å²) >= 11 is 7.53. The molecule has 0 amide bonds. The van der Waals surface area contributed by atoms with Gasteiger partial charge in [0.2, 0.25) is 0 Å². The second-order valence-corrected chi connectivity index (χ2v) is 4.77. The summed E-state index contributed by atoms with van der Waals surface area (Å²) in [5.74, 6) is -0.977. The van der Waals surface area contributed by atoms with Crippen LogP contribution in [0.2, 0.25) is 5.02 Å². The zero-order chi connectivity index (χ0) is 11.6. The van der Waals surface area contributed by atoms with E-state index in [-0.39, 0.29) is 16.7 Å². The number of hydrogen-bond donors (Lipinski definition) is 0. The van der Waals surface area contributed by atoms with Crippen molar-refractivity contribution in [2.45, 2.75) is 20.0 Å². The highest BCUT2D eigenvalue weighted by molar-refractivity contribution is 14.1. The minimum atomic E-state index is -0.534. The lowest BCUT2D eigenvalue weighted by atomic mass is 10.2. The van der Waals surface area contributed by atoms with E-state index in [1.807, 2.05) is 0 Å². The molecule has 0 saturated heterocycles. The van der Waals surface area contributed by atoms with E-state index in [1.54, 1.807) is 36.4 Å². The van der Waals surface area contributed by atoms with Crippen LogP contribution < -0.4 is 0 Å². The van der Waals surface area contributed by atoms with Crippen LogP contribution in [0.1, 0.15) is 24.2 Å². The Morgan fingerprint density at radius 3 is 2.67 bits per heavy atom. The van der Waals surface area contributed by atoms with Gasteiger partial charge in [-0.15, -0.1) is 0 Å². The minimum Gasteiger partial charge on any atom is -0.459 e. The molecular formula is C10H9ClFIO2. The second-order valence-electron chi connectivity index (χ2n) is 3.20. The Kier molecular flexibility index (Phi) is 4.33. The molecule has 1 aromatic rings. The summed E-state index contributed by atoms with van der Waals surface area (Å²) in [7, 11) is 0. The van der Waals surface area contributed by atoms with Crippen LogP contribution >= 0.6 is 34.2 Å². The fourth-order valence-corrected chi connectivity index (χ4v) is 1.65. The van der Waals surface area contributed by atoms with Crippen molar-refractivity contribution >= 4 is 40.2 Å². The monoisotopic (exact) mass is 342 g/mol. The predicted molar refractivity (Wildman–Crippen MR) is 64.7 cm³/mol. The Hall–Kier alpha value is -0.360. The van der Waals surface area contributed by atoms with E-state index in [1.165, 1.54) is 6.07 Å². The van der Waals surface area contributed by atoms with Gasteiger partial charge in [-0.25, -0.2) is 9.18 Å². The Morgan fingerprint density at radius 1 is 1.53 bits per heavy atom. The van der Waals surface area contributed by atoms with Crippen LogP contribution in [0, 0.1) is 9.39 Å². The second kappa shape index (κ2) is 5.12. The Bertz CT molecular complexity index is 393. The van der Waals surface area contributed by atoms with Crippen molar-refractivity contribution in [3.05, 3.63) is 32.1 Å². The molecule has 0 radical (unpaired) electrons. The van der Waals surface area contributed by atoms with E-state index in [9.17, 15) is 9.18 Å². The molecular weight excluding hydrogens is 333 g/mol. The predicted octanol–water partition coefficient (Wildman–Crippen LogP) is 3.65. The number of carbonyl (C=O) groups excluding carboxylic acids is 1. The van der Waals surface area contributed by atoms with Crippen LogP contribution in [0.15, 0.2) is 12.1 Å². The van der Waals surface area contributed by atoms with E-state index in [0.29, 0.717) is 3.57 Å². The van der Waals surface area contributed by atoms with Crippen LogP contribution in [0.3, 0.4) is 0 Å². The average Bonchev–Trinajstić information content (AvgIpc) is 2.09. The molecule has 5 heteroatoms. The number of esters is 1. The molecule has 0 aliphatic heterocycles. The average molecular weight is 343 g/mol. The standard InChI is InChI=1S/C10H9ClFIO2/c1-5(2)15-10(14)6-3-9(13)8(12)4-7(6)11/h3-5H,1-2H3. The van der Waals surface area contributed by atoms with Gasteiger partial charge in [-0.1, -0.05) is 11.6 Å². The molecule has 82 valence electrons. The molecule has 1 aromatic carbocycles. The topological polar surface area (TPSA) is 26.3 Å². The lowest BCUT2D eigenvalue weighted by Crippen LogP contribution is -2.12. The van der Waals surface area contributed by atoms with Crippen LogP contribution in [0.25, 0.3) is 0 Å². The van der Waals surface area contributed by atoms with Crippen LogP contribution in [-0.4, -0.2) is 12.1 Å². The highest BCUT2D eigenvalue weighted by Gasteiger charge is 2.15. The molecule has 0 aromatic heterocycles. The molecule has 0 aliphatic carbocycles. The van der Waals surface area contributed by atoms with Gasteiger partial charge >= 0.3 is 5.97 Å². The molecule has 0 saturated carbocycles. The first-order chi connectivity index (χ1) is 6.91. The third-order valence-electron chi connectivity index (χ3n) is 1.57. The Balaban J connectivity index is 3.04. The Morgan fingerprint density at radius 2 is 2.13 bits per heavy atom. The molecule has 0 aliphatic rings. The van der Waals surface area contributed by atoms with E-state index in [0.717, 1.165) is 6.07 Å². The highest BCUT2D eigenvalue weighted by atomic mass is 127. The molecule has 15 heavy (non-hydrogen) atoms. The maximum atomic E-state index is 13.0. The van der Waals surface area contributed by atoms with E-state index < -0.39 is 11.8 Å². The summed E-state index contributed by atoms with van der Waals surface area (Å²) in [5.41, 5.74) is 0.191. The van der Waals surface area contributed by atoms with E-state index >= 15 is 0 Å². The molecule has 0 N–H and O–H groups in total. The van der Waals surface area contributed by atoms with Gasteiger partial charge in [-0.05, 0) is 48.6 Å². The first kappa shape index (κ1) is 12.7. The largest absolute Gasteiger partial charge is 0.459 e. The number of benzene rings is 1. The number of ether oxygens (including phenoxy) is 1. The zero-order valence-corrected chi connectivity index (χ0v) is 11.1. The molecule has 2 nitrogen and oxygen atoms in total. The third-order valence-corrected chi connectivity index (χ3v) is 2.71. The molecule has 0 bridgehead atoms. The Labute approximate surface area is 106 Å². The summed E-state index contributed by atoms with van der Waals surface area (Å²) in [6, 6.07) is 2.49. The van der Waals surface area contributed by atoms with Gasteiger partial charge in [0.25, 0.3) is 0 Å². The van der Waals surface area contributed by atoms with Gasteiger partial charge in [-0.2, -0.15) is 0 Å². The normalized spacial score (nSPS) is 10.5. The number of carbonyl (C=O) groups is 1. The van der Waals surface area contributed by atoms with Crippen molar-refractivity contribution in [2.24, 2.45) is 0 Å². The van der Waals surface area contributed by atoms with Gasteiger partial charge < -0.3 is 4.74 Å². The maximum Gasteiger partial charge on any atom is 0.339 e. The molecule has 0 heterocycles. The summed E-state index contributed by atoms with van der Waals surface area (Å²) in [6.45, 7) is 3.47. The maximum absolute atomic E-state index is 13.0. The van der Waals surface area contributed by atoms with E-state index in [2.05, 4.69) is 0 Å². The van der Waals surface area contributed by atoms with E-state index in [4.69, 9.17) is 16.3 Å². The van der Waals surface area contributed by atoms with Crippen molar-refractivity contribution in [3.63, 3.8) is 0 Å². The fourth-order valence-electron chi connectivity index (χ4n) is 0.957. The first-order valence-electron chi connectivity index (χ1n) is 4.27. The summed E-state index contributed by atoms with van der Waals surface area (Å²) in [6.07, 6.45) is -0.226. The zero-order valence-electron chi connectivity index (χ0n) is 8.18. The van der Waals surface area contributed by atoms with Crippen LogP contribution in [0.5, 0.6) is 0 Å². The number of hydrogen-bond acceptors (Lipinski definition) is 2. The summed E-state index contributed by atoms with van der Waals surface area (Å²) in [4.78, 5) is 11.5. The van der Waals surface area contributed by atoms with Crippen molar-refractivity contribution in [1.29, 1.82) is 0 Å². The van der Waals surface area contributed by atoms with Crippen molar-refractivity contribution in [2.75, 3.05) is 0 Å². The molecule has 0 atom stereocenters. The van der Waals surface area contributed by atoms with Gasteiger partial charge in [0, 0.05) is 3.57 Å². The van der Waals surface area contributed by atoms with Gasteiger partial charge in [0.15, 0.2) is 0 Å². The third kappa shape index (κ3) is 3.31. The van der Waals surface area contributed by atoms with Gasteiger partial charge in [0.05, 0.1) is 16.7 Å². The minimum absolute atomic E-state index is 0.0681. The molecule has 0 fully saturated rings. The highest BCUT2D eigenvalue weighted by Crippen LogP contribution is 2.23. The first-order valence-corrected chi connectivity index (χ1v) is 5.73. The molecule has 0 spiro atoms. The van der Waals surface area contributed by atoms with Gasteiger partial charge in [-0.3, -0.25) is 0 Å². The van der Waals surface area contributed by atoms with Crippen molar-refractivity contribution < 1.29 is 13.9 Å². The quantitative estimate of drug-likeness (QED) is 0.466. The molecule has 1 rings (SSSR count). The number of halogens is 3. The lowest BCUT2D eigenvalue weighted by Gasteiger charge is -2.09. The summed E-state index contributed by atoms with van der Waals surface area (Å²) in [5, 5.41) is 0.0681. The number of rotatable bonds is 2. The van der Waals surface area contributed by atoms with Crippen LogP contribution in [0.4, 0.5) is 4.39 Å².